The fraction of sp³-hybridized carbons (Fsp3) is 0.125. The van der Waals surface area contributed by atoms with Gasteiger partial charge in [-0.1, -0.05) is 36.4 Å². The van der Waals surface area contributed by atoms with E-state index >= 15 is 0 Å². The molecule has 2 aromatic rings. The number of hydrogen-bond acceptors (Lipinski definition) is 3. The van der Waals surface area contributed by atoms with Gasteiger partial charge in [-0.3, -0.25) is 9.59 Å². The molecule has 2 aromatic carbocycles. The smallest absolute Gasteiger partial charge is 0.174 e. The van der Waals surface area contributed by atoms with Crippen molar-refractivity contribution in [2.45, 2.75) is 13.0 Å². The Bertz CT molecular complexity index is 601. The van der Waals surface area contributed by atoms with Crippen LogP contribution >= 0.6 is 0 Å². The minimum atomic E-state index is -0.197. The Morgan fingerprint density at radius 1 is 0.789 bits per heavy atom. The summed E-state index contributed by atoms with van der Waals surface area (Å²) in [5.74, 6) is 0.190. The molecule has 0 atom stereocenters. The number of carbonyl (C=O) groups is 2. The van der Waals surface area contributed by atoms with Gasteiger partial charge in [-0.25, -0.2) is 0 Å². The summed E-state index contributed by atoms with van der Waals surface area (Å²) in [4.78, 5) is 24.3. The number of Topliss-reactive ketones (excluding diaryl/α,β-unsaturated/α-hetero) is 2. The molecule has 1 aliphatic rings. The summed E-state index contributed by atoms with van der Waals surface area (Å²) < 4.78 is 5.68. The molecule has 3 heteroatoms. The summed E-state index contributed by atoms with van der Waals surface area (Å²) >= 11 is 0. The third-order valence-electron chi connectivity index (χ3n) is 3.21. The van der Waals surface area contributed by atoms with Gasteiger partial charge in [-0.15, -0.1) is 0 Å². The predicted octanol–water partition coefficient (Wildman–Crippen LogP) is 3.03. The van der Waals surface area contributed by atoms with E-state index < -0.39 is 0 Å². The third kappa shape index (κ3) is 2.15. The Labute approximate surface area is 110 Å². The summed E-state index contributed by atoms with van der Waals surface area (Å²) in [6.07, 6.45) is -0.114. The van der Waals surface area contributed by atoms with Crippen LogP contribution in [-0.2, 0) is 6.61 Å². The zero-order valence-corrected chi connectivity index (χ0v) is 10.3. The number of ether oxygens (including phenoxy) is 1. The molecule has 3 nitrogen and oxygen atoms in total. The molecule has 94 valence electrons. The monoisotopic (exact) mass is 252 g/mol. The molecule has 0 spiro atoms. The largest absolute Gasteiger partial charge is 0.488 e. The van der Waals surface area contributed by atoms with Crippen molar-refractivity contribution >= 4 is 11.6 Å². The standard InChI is InChI=1S/C16H12O3/c17-14-9-15(18)13-7-3-4-8-16(13)19-10-11-5-1-2-6-12(11)14/h1-8H,9-10H2. The first-order chi connectivity index (χ1) is 9.25. The van der Waals surface area contributed by atoms with Gasteiger partial charge >= 0.3 is 0 Å². The zero-order valence-electron chi connectivity index (χ0n) is 10.3. The number of para-hydroxylation sites is 1. The normalized spacial score (nSPS) is 14.5. The molecule has 0 amide bonds. The first-order valence-corrected chi connectivity index (χ1v) is 6.12. The Kier molecular flexibility index (Phi) is 2.88. The summed E-state index contributed by atoms with van der Waals surface area (Å²) in [6.45, 7) is 0.298. The first kappa shape index (κ1) is 11.7. The lowest BCUT2D eigenvalue weighted by Crippen LogP contribution is -2.09. The highest BCUT2D eigenvalue weighted by atomic mass is 16.5. The van der Waals surface area contributed by atoms with Crippen molar-refractivity contribution in [2.75, 3.05) is 0 Å². The Morgan fingerprint density at radius 3 is 2.26 bits per heavy atom. The van der Waals surface area contributed by atoms with Crippen molar-refractivity contribution in [1.29, 1.82) is 0 Å². The average Bonchev–Trinajstić information content (AvgIpc) is 2.49. The van der Waals surface area contributed by atoms with Crippen LogP contribution in [0.1, 0.15) is 32.7 Å². The van der Waals surface area contributed by atoms with Crippen molar-refractivity contribution in [3.8, 4) is 5.75 Å². The molecule has 0 saturated carbocycles. The van der Waals surface area contributed by atoms with Crippen LogP contribution in [0.3, 0.4) is 0 Å². The van der Waals surface area contributed by atoms with Crippen LogP contribution in [0.25, 0.3) is 0 Å². The van der Waals surface area contributed by atoms with Crippen molar-refractivity contribution < 1.29 is 14.3 Å². The van der Waals surface area contributed by atoms with E-state index in [1.54, 1.807) is 30.3 Å². The fourth-order valence-corrected chi connectivity index (χ4v) is 2.23. The highest BCUT2D eigenvalue weighted by Gasteiger charge is 2.21. The van der Waals surface area contributed by atoms with Crippen LogP contribution < -0.4 is 4.74 Å². The molecule has 0 radical (unpaired) electrons. The molecule has 1 aliphatic heterocycles. The fourth-order valence-electron chi connectivity index (χ4n) is 2.23. The van der Waals surface area contributed by atoms with Crippen molar-refractivity contribution in [3.63, 3.8) is 0 Å². The van der Waals surface area contributed by atoms with Gasteiger partial charge in [0.2, 0.25) is 0 Å². The van der Waals surface area contributed by atoms with Crippen LogP contribution in [0.15, 0.2) is 48.5 Å². The van der Waals surface area contributed by atoms with Crippen molar-refractivity contribution in [3.05, 3.63) is 65.2 Å². The van der Waals surface area contributed by atoms with E-state index in [4.69, 9.17) is 4.74 Å². The van der Waals surface area contributed by atoms with Crippen molar-refractivity contribution in [2.24, 2.45) is 0 Å². The van der Waals surface area contributed by atoms with E-state index in [2.05, 4.69) is 0 Å². The lowest BCUT2D eigenvalue weighted by atomic mass is 9.98. The van der Waals surface area contributed by atoms with Crippen molar-refractivity contribution in [1.82, 2.24) is 0 Å². The number of benzene rings is 2. The van der Waals surface area contributed by atoms with Gasteiger partial charge in [-0.2, -0.15) is 0 Å². The zero-order chi connectivity index (χ0) is 13.2. The molecule has 19 heavy (non-hydrogen) atoms. The molecule has 0 unspecified atom stereocenters. The van der Waals surface area contributed by atoms with Gasteiger partial charge in [0.25, 0.3) is 0 Å². The quantitative estimate of drug-likeness (QED) is 0.677. The third-order valence-corrected chi connectivity index (χ3v) is 3.21. The molecule has 0 aliphatic carbocycles. The van der Waals surface area contributed by atoms with Crippen LogP contribution in [0, 0.1) is 0 Å². The maximum Gasteiger partial charge on any atom is 0.174 e. The summed E-state index contributed by atoms with van der Waals surface area (Å²) in [5, 5.41) is 0. The van der Waals surface area contributed by atoms with E-state index in [0.29, 0.717) is 23.5 Å². The summed E-state index contributed by atoms with van der Waals surface area (Å²) in [7, 11) is 0. The summed E-state index contributed by atoms with van der Waals surface area (Å²) in [5.41, 5.74) is 1.87. The molecule has 3 rings (SSSR count). The molecule has 0 fully saturated rings. The Balaban J connectivity index is 2.09. The lowest BCUT2D eigenvalue weighted by molar-refractivity contribution is 0.0894. The second-order valence-corrected chi connectivity index (χ2v) is 4.47. The number of carbonyl (C=O) groups excluding carboxylic acids is 2. The van der Waals surface area contributed by atoms with Crippen LogP contribution in [0.4, 0.5) is 0 Å². The van der Waals surface area contributed by atoms with E-state index in [-0.39, 0.29) is 18.0 Å². The van der Waals surface area contributed by atoms with E-state index in [1.165, 1.54) is 0 Å². The van der Waals surface area contributed by atoms with E-state index in [0.717, 1.165) is 5.56 Å². The SMILES string of the molecule is O=C1CC(=O)c2ccccc2OCc2ccccc21. The predicted molar refractivity (Wildman–Crippen MR) is 70.5 cm³/mol. The molecule has 0 bridgehead atoms. The van der Waals surface area contributed by atoms with Gasteiger partial charge in [0, 0.05) is 11.1 Å². The molecule has 1 heterocycles. The Hall–Kier alpha value is -2.42. The van der Waals surface area contributed by atoms with Gasteiger partial charge in [-0.05, 0) is 12.1 Å². The first-order valence-electron chi connectivity index (χ1n) is 6.12. The minimum Gasteiger partial charge on any atom is -0.488 e. The molecule has 0 N–H and O–H groups in total. The van der Waals surface area contributed by atoms with Crippen LogP contribution in [0.2, 0.25) is 0 Å². The molecular formula is C16H12O3. The maximum atomic E-state index is 12.2. The van der Waals surface area contributed by atoms with Gasteiger partial charge in [0.05, 0.1) is 12.0 Å². The van der Waals surface area contributed by atoms with Gasteiger partial charge in [0.15, 0.2) is 11.6 Å². The van der Waals surface area contributed by atoms with E-state index in [9.17, 15) is 9.59 Å². The highest BCUT2D eigenvalue weighted by molar-refractivity contribution is 6.15. The maximum absolute atomic E-state index is 12.2. The minimum absolute atomic E-state index is 0.114. The average molecular weight is 252 g/mol. The lowest BCUT2D eigenvalue weighted by Gasteiger charge is -2.09. The number of rotatable bonds is 0. The molecular weight excluding hydrogens is 240 g/mol. The number of hydrogen-bond donors (Lipinski definition) is 0. The van der Waals surface area contributed by atoms with Gasteiger partial charge in [0.1, 0.15) is 12.4 Å². The topological polar surface area (TPSA) is 43.4 Å². The second kappa shape index (κ2) is 4.69. The Morgan fingerprint density at radius 2 is 1.42 bits per heavy atom. The number of ketones is 2. The van der Waals surface area contributed by atoms with E-state index in [1.807, 2.05) is 18.2 Å². The molecule has 0 saturated heterocycles. The van der Waals surface area contributed by atoms with Gasteiger partial charge < -0.3 is 4.74 Å². The molecule has 0 aromatic heterocycles. The highest BCUT2D eigenvalue weighted by Crippen LogP contribution is 2.25. The second-order valence-electron chi connectivity index (χ2n) is 4.47. The van der Waals surface area contributed by atoms with Crippen LogP contribution in [-0.4, -0.2) is 11.6 Å². The summed E-state index contributed by atoms with van der Waals surface area (Å²) in [6, 6.07) is 14.3. The number of fused-ring (bicyclic) bond motifs is 2. The van der Waals surface area contributed by atoms with Crippen LogP contribution in [0.5, 0.6) is 5.75 Å².